The lowest BCUT2D eigenvalue weighted by Gasteiger charge is -2.36. The van der Waals surface area contributed by atoms with Crippen LogP contribution in [0.5, 0.6) is 5.75 Å². The molecule has 1 aliphatic rings. The Morgan fingerprint density at radius 2 is 1.97 bits per heavy atom. The minimum atomic E-state index is -0.0579. The second-order valence-corrected chi connectivity index (χ2v) is 7.01. The summed E-state index contributed by atoms with van der Waals surface area (Å²) in [7, 11) is 1.78. The largest absolute Gasteiger partial charge is 0.494 e. The van der Waals surface area contributed by atoms with E-state index in [9.17, 15) is 4.79 Å². The van der Waals surface area contributed by atoms with Crippen molar-refractivity contribution in [2.24, 2.45) is 4.99 Å². The normalized spacial score (nSPS) is 14.8. The molecule has 2 heterocycles. The molecule has 1 aromatic carbocycles. The maximum atomic E-state index is 12.4. The molecule has 29 heavy (non-hydrogen) atoms. The van der Waals surface area contributed by atoms with E-state index in [0.717, 1.165) is 49.8 Å². The summed E-state index contributed by atoms with van der Waals surface area (Å²) in [6.45, 7) is 6.31. The number of nitrogens with zero attached hydrogens (tertiary/aromatic N) is 3. The predicted molar refractivity (Wildman–Crippen MR) is 113 cm³/mol. The standard InChI is InChI=1S/C22H30N4O3/c1-3-4-14-28-19-8-5-7-18(16-19)17-24-22(23-2)26-12-10-25(11-13-26)21(27)20-9-6-15-29-20/h5-9,15-16H,3-4,10-14,17H2,1-2H3,(H,23,24). The van der Waals surface area contributed by atoms with E-state index in [1.165, 1.54) is 6.26 Å². The highest BCUT2D eigenvalue weighted by Crippen LogP contribution is 2.14. The van der Waals surface area contributed by atoms with Crippen LogP contribution < -0.4 is 10.1 Å². The molecule has 3 rings (SSSR count). The van der Waals surface area contributed by atoms with E-state index in [0.29, 0.717) is 25.4 Å². The van der Waals surface area contributed by atoms with Gasteiger partial charge in [-0.05, 0) is 36.2 Å². The Morgan fingerprint density at radius 1 is 1.17 bits per heavy atom. The summed E-state index contributed by atoms with van der Waals surface area (Å²) in [5, 5.41) is 3.42. The highest BCUT2D eigenvalue weighted by Gasteiger charge is 2.25. The number of ether oxygens (including phenoxy) is 1. The monoisotopic (exact) mass is 398 g/mol. The van der Waals surface area contributed by atoms with Crippen LogP contribution in [0, 0.1) is 0 Å². The molecule has 0 radical (unpaired) electrons. The molecule has 2 aromatic rings. The Morgan fingerprint density at radius 3 is 2.66 bits per heavy atom. The first kappa shape index (κ1) is 20.8. The summed E-state index contributed by atoms with van der Waals surface area (Å²) in [5.41, 5.74) is 1.15. The molecule has 7 heteroatoms. The van der Waals surface area contributed by atoms with Crippen LogP contribution >= 0.6 is 0 Å². The summed E-state index contributed by atoms with van der Waals surface area (Å²) in [6.07, 6.45) is 3.71. The summed E-state index contributed by atoms with van der Waals surface area (Å²) >= 11 is 0. The number of nitrogens with one attached hydrogen (secondary N) is 1. The third-order valence-electron chi connectivity index (χ3n) is 4.93. The first-order chi connectivity index (χ1) is 14.2. The molecular formula is C22H30N4O3. The lowest BCUT2D eigenvalue weighted by atomic mass is 10.2. The third kappa shape index (κ3) is 5.76. The van der Waals surface area contributed by atoms with Gasteiger partial charge in [0.2, 0.25) is 0 Å². The Labute approximate surface area is 172 Å². The Hall–Kier alpha value is -2.96. The van der Waals surface area contributed by atoms with Crippen molar-refractivity contribution in [2.75, 3.05) is 39.8 Å². The quantitative estimate of drug-likeness (QED) is 0.441. The molecule has 1 amide bonds. The van der Waals surface area contributed by atoms with E-state index in [4.69, 9.17) is 9.15 Å². The number of rotatable bonds is 7. The van der Waals surface area contributed by atoms with Crippen LogP contribution in [0.15, 0.2) is 52.1 Å². The number of hydrogen-bond donors (Lipinski definition) is 1. The number of aliphatic imine (C=N–C) groups is 1. The number of piperazine rings is 1. The van der Waals surface area contributed by atoms with Gasteiger partial charge in [0.1, 0.15) is 5.75 Å². The van der Waals surface area contributed by atoms with Crippen LogP contribution in [-0.2, 0) is 6.54 Å². The van der Waals surface area contributed by atoms with Gasteiger partial charge in [0, 0.05) is 39.8 Å². The summed E-state index contributed by atoms with van der Waals surface area (Å²) in [6, 6.07) is 11.6. The highest BCUT2D eigenvalue weighted by atomic mass is 16.5. The Bertz CT molecular complexity index is 796. The van der Waals surface area contributed by atoms with Gasteiger partial charge in [-0.3, -0.25) is 9.79 Å². The van der Waals surface area contributed by atoms with Gasteiger partial charge in [0.25, 0.3) is 5.91 Å². The van der Waals surface area contributed by atoms with Crippen molar-refractivity contribution >= 4 is 11.9 Å². The molecule has 0 atom stereocenters. The molecule has 0 spiro atoms. The molecule has 156 valence electrons. The molecule has 0 bridgehead atoms. The van der Waals surface area contributed by atoms with Crippen molar-refractivity contribution in [1.82, 2.24) is 15.1 Å². The molecule has 0 unspecified atom stereocenters. The zero-order valence-electron chi connectivity index (χ0n) is 17.3. The van der Waals surface area contributed by atoms with Crippen molar-refractivity contribution in [3.05, 3.63) is 54.0 Å². The van der Waals surface area contributed by atoms with E-state index in [-0.39, 0.29) is 5.91 Å². The SMILES string of the molecule is CCCCOc1cccc(CNC(=NC)N2CCN(C(=O)c3ccco3)CC2)c1. The lowest BCUT2D eigenvalue weighted by Crippen LogP contribution is -2.53. The Kier molecular flexibility index (Phi) is 7.55. The van der Waals surface area contributed by atoms with Crippen LogP contribution in [0.1, 0.15) is 35.9 Å². The topological polar surface area (TPSA) is 70.3 Å². The summed E-state index contributed by atoms with van der Waals surface area (Å²) < 4.78 is 11.0. The second-order valence-electron chi connectivity index (χ2n) is 7.01. The second kappa shape index (κ2) is 10.5. The molecule has 0 saturated carbocycles. The van der Waals surface area contributed by atoms with E-state index < -0.39 is 0 Å². The fraction of sp³-hybridized carbons (Fsp3) is 0.455. The van der Waals surface area contributed by atoms with Gasteiger partial charge >= 0.3 is 0 Å². The third-order valence-corrected chi connectivity index (χ3v) is 4.93. The van der Waals surface area contributed by atoms with E-state index >= 15 is 0 Å². The van der Waals surface area contributed by atoms with Crippen molar-refractivity contribution in [3.63, 3.8) is 0 Å². The van der Waals surface area contributed by atoms with Crippen LogP contribution in [0.25, 0.3) is 0 Å². The van der Waals surface area contributed by atoms with Crippen LogP contribution in [0.3, 0.4) is 0 Å². The van der Waals surface area contributed by atoms with Gasteiger partial charge < -0.3 is 24.3 Å². The van der Waals surface area contributed by atoms with Crippen LogP contribution in [0.2, 0.25) is 0 Å². The first-order valence-corrected chi connectivity index (χ1v) is 10.2. The van der Waals surface area contributed by atoms with Gasteiger partial charge in [-0.1, -0.05) is 25.5 Å². The molecule has 0 aliphatic carbocycles. The van der Waals surface area contributed by atoms with Crippen molar-refractivity contribution in [1.29, 1.82) is 0 Å². The minimum Gasteiger partial charge on any atom is -0.494 e. The zero-order chi connectivity index (χ0) is 20.5. The number of amides is 1. The van der Waals surface area contributed by atoms with Crippen molar-refractivity contribution < 1.29 is 13.9 Å². The summed E-state index contributed by atoms with van der Waals surface area (Å²) in [5.74, 6) is 2.07. The smallest absolute Gasteiger partial charge is 0.289 e. The van der Waals surface area contributed by atoms with E-state index in [2.05, 4.69) is 34.3 Å². The zero-order valence-corrected chi connectivity index (χ0v) is 17.3. The Balaban J connectivity index is 1.49. The number of unbranched alkanes of at least 4 members (excludes halogenated alkanes) is 1. The summed E-state index contributed by atoms with van der Waals surface area (Å²) in [4.78, 5) is 20.8. The van der Waals surface area contributed by atoms with Gasteiger partial charge in [-0.15, -0.1) is 0 Å². The van der Waals surface area contributed by atoms with Gasteiger partial charge in [-0.25, -0.2) is 0 Å². The fourth-order valence-corrected chi connectivity index (χ4v) is 3.27. The van der Waals surface area contributed by atoms with E-state index in [1.807, 2.05) is 17.0 Å². The number of benzene rings is 1. The van der Waals surface area contributed by atoms with Crippen molar-refractivity contribution in [3.8, 4) is 5.75 Å². The van der Waals surface area contributed by atoms with Crippen LogP contribution in [-0.4, -0.2) is 61.5 Å². The molecule has 1 aliphatic heterocycles. The van der Waals surface area contributed by atoms with Gasteiger partial charge in [-0.2, -0.15) is 0 Å². The minimum absolute atomic E-state index is 0.0579. The average Bonchev–Trinajstić information content (AvgIpc) is 3.30. The number of guanidine groups is 1. The molecular weight excluding hydrogens is 368 g/mol. The maximum Gasteiger partial charge on any atom is 0.289 e. The molecule has 1 aromatic heterocycles. The molecule has 1 fully saturated rings. The highest BCUT2D eigenvalue weighted by molar-refractivity contribution is 5.91. The van der Waals surface area contributed by atoms with Crippen LogP contribution in [0.4, 0.5) is 0 Å². The number of carbonyl (C=O) groups is 1. The fourth-order valence-electron chi connectivity index (χ4n) is 3.27. The van der Waals surface area contributed by atoms with Gasteiger partial charge in [0.15, 0.2) is 11.7 Å². The van der Waals surface area contributed by atoms with Gasteiger partial charge in [0.05, 0.1) is 12.9 Å². The average molecular weight is 399 g/mol. The predicted octanol–water partition coefficient (Wildman–Crippen LogP) is 2.99. The number of hydrogen-bond acceptors (Lipinski definition) is 4. The lowest BCUT2D eigenvalue weighted by molar-refractivity contribution is 0.0657. The number of furan rings is 1. The first-order valence-electron chi connectivity index (χ1n) is 10.2. The number of carbonyl (C=O) groups excluding carboxylic acids is 1. The maximum absolute atomic E-state index is 12.4. The molecule has 1 N–H and O–H groups in total. The van der Waals surface area contributed by atoms with Crippen molar-refractivity contribution in [2.45, 2.75) is 26.3 Å². The van der Waals surface area contributed by atoms with E-state index in [1.54, 1.807) is 19.2 Å². The molecule has 7 nitrogen and oxygen atoms in total. The molecule has 1 saturated heterocycles.